The van der Waals surface area contributed by atoms with Crippen molar-refractivity contribution >= 4 is 17.5 Å². The molecule has 2 rings (SSSR count). The summed E-state index contributed by atoms with van der Waals surface area (Å²) in [6.07, 6.45) is -0.310. The summed E-state index contributed by atoms with van der Waals surface area (Å²) in [5, 5.41) is 15.5. The Bertz CT molecular complexity index is 1090. The Kier molecular flexibility index (Phi) is 10.5. The van der Waals surface area contributed by atoms with E-state index in [0.717, 1.165) is 11.6 Å². The second-order valence-corrected chi connectivity index (χ2v) is 8.06. The minimum Gasteiger partial charge on any atom is -0.382 e. The van der Waals surface area contributed by atoms with Crippen molar-refractivity contribution < 1.29 is 23.5 Å². The van der Waals surface area contributed by atoms with Gasteiger partial charge in [-0.2, -0.15) is 0 Å². The predicted molar refractivity (Wildman–Crippen MR) is 133 cm³/mol. The van der Waals surface area contributed by atoms with Crippen LogP contribution in [0.2, 0.25) is 0 Å². The fraction of sp³-hybridized carbons (Fsp3) is 0.231. The molecule has 3 atom stereocenters. The summed E-state index contributed by atoms with van der Waals surface area (Å²) in [5.74, 6) is -2.86. The number of hydrogen-bond donors (Lipinski definition) is 5. The Morgan fingerprint density at radius 1 is 1.06 bits per heavy atom. The molecule has 9 heteroatoms. The summed E-state index contributed by atoms with van der Waals surface area (Å²) in [7, 11) is 0. The number of nitrogens with one attached hydrogen (secondary N) is 2. The Labute approximate surface area is 203 Å². The summed E-state index contributed by atoms with van der Waals surface area (Å²) in [6, 6.07) is 13.8. The van der Waals surface area contributed by atoms with Crippen LogP contribution in [0.4, 0.5) is 14.5 Å². The molecule has 0 aromatic heterocycles. The second kappa shape index (κ2) is 13.3. The maximum atomic E-state index is 13.4. The largest absolute Gasteiger partial charge is 0.382 e. The maximum absolute atomic E-state index is 13.4. The number of hydrogen-bond acceptors (Lipinski definition) is 5. The molecule has 0 saturated heterocycles. The van der Waals surface area contributed by atoms with Crippen LogP contribution in [-0.2, 0) is 11.2 Å². The molecule has 0 bridgehead atoms. The van der Waals surface area contributed by atoms with E-state index in [2.05, 4.69) is 23.8 Å². The first-order valence-electron chi connectivity index (χ1n) is 10.9. The minimum absolute atomic E-state index is 0.0220. The van der Waals surface area contributed by atoms with E-state index in [0.29, 0.717) is 12.1 Å². The molecule has 0 saturated carbocycles. The Hall–Kier alpha value is -3.66. The number of carbonyl (C=O) groups is 2. The topological polar surface area (TPSA) is 130 Å². The van der Waals surface area contributed by atoms with E-state index >= 15 is 0 Å². The van der Waals surface area contributed by atoms with Crippen LogP contribution in [0.5, 0.6) is 0 Å². The molecule has 0 fully saturated rings. The number of benzene rings is 2. The predicted octanol–water partition coefficient (Wildman–Crippen LogP) is 2.90. The highest BCUT2D eigenvalue weighted by molar-refractivity contribution is 5.98. The summed E-state index contributed by atoms with van der Waals surface area (Å²) in [5.41, 5.74) is 13.3. The van der Waals surface area contributed by atoms with Crippen molar-refractivity contribution in [3.05, 3.63) is 102 Å². The van der Waals surface area contributed by atoms with Gasteiger partial charge in [-0.05, 0) is 48.3 Å². The molecule has 35 heavy (non-hydrogen) atoms. The van der Waals surface area contributed by atoms with E-state index in [4.69, 9.17) is 11.5 Å². The van der Waals surface area contributed by atoms with Crippen molar-refractivity contribution in [1.29, 1.82) is 0 Å². The van der Waals surface area contributed by atoms with Gasteiger partial charge < -0.3 is 27.2 Å². The van der Waals surface area contributed by atoms with Crippen molar-refractivity contribution in [2.45, 2.75) is 31.0 Å². The number of carbonyl (C=O) groups excluding carboxylic acids is 2. The number of allylic oxidation sites excluding steroid dienone is 3. The quantitative estimate of drug-likeness (QED) is 0.296. The van der Waals surface area contributed by atoms with Crippen LogP contribution < -0.4 is 22.1 Å². The molecule has 0 heterocycles. The van der Waals surface area contributed by atoms with Gasteiger partial charge in [0, 0.05) is 29.9 Å². The Balaban J connectivity index is 1.93. The summed E-state index contributed by atoms with van der Waals surface area (Å²) < 4.78 is 26.4. The molecular weight excluding hydrogens is 454 g/mol. The summed E-state index contributed by atoms with van der Waals surface area (Å²) in [4.78, 5) is 24.9. The number of anilines is 1. The SMILES string of the molecule is C=C(F)/C=C(/CC(N)CNC(=O)c1cccc(NC(=O)C(O)C(N)Cc2ccccc2)c1)C(=C)F. The first-order chi connectivity index (χ1) is 16.6. The van der Waals surface area contributed by atoms with Crippen LogP contribution in [0.25, 0.3) is 0 Å². The molecule has 0 aliphatic carbocycles. The number of amides is 2. The zero-order chi connectivity index (χ0) is 26.0. The number of halogens is 2. The van der Waals surface area contributed by atoms with Crippen molar-refractivity contribution in [3.63, 3.8) is 0 Å². The van der Waals surface area contributed by atoms with Gasteiger partial charge >= 0.3 is 0 Å². The third-order valence-electron chi connectivity index (χ3n) is 5.07. The normalized spacial score (nSPS) is 13.9. The van der Waals surface area contributed by atoms with Gasteiger partial charge in [-0.25, -0.2) is 8.78 Å². The van der Waals surface area contributed by atoms with Gasteiger partial charge in [-0.3, -0.25) is 9.59 Å². The van der Waals surface area contributed by atoms with Crippen LogP contribution >= 0.6 is 0 Å². The Morgan fingerprint density at radius 2 is 1.74 bits per heavy atom. The zero-order valence-corrected chi connectivity index (χ0v) is 19.2. The number of rotatable bonds is 12. The van der Waals surface area contributed by atoms with Crippen molar-refractivity contribution in [3.8, 4) is 0 Å². The smallest absolute Gasteiger partial charge is 0.254 e. The lowest BCUT2D eigenvalue weighted by molar-refractivity contribution is -0.124. The number of aliphatic hydroxyl groups excluding tert-OH is 1. The Morgan fingerprint density at radius 3 is 2.37 bits per heavy atom. The maximum Gasteiger partial charge on any atom is 0.254 e. The van der Waals surface area contributed by atoms with Crippen LogP contribution in [0.3, 0.4) is 0 Å². The molecule has 3 unspecified atom stereocenters. The van der Waals surface area contributed by atoms with Gasteiger partial charge in [0.2, 0.25) is 0 Å². The van der Waals surface area contributed by atoms with Crippen molar-refractivity contribution in [2.75, 3.05) is 11.9 Å². The molecule has 2 aromatic rings. The second-order valence-electron chi connectivity index (χ2n) is 8.06. The third-order valence-corrected chi connectivity index (χ3v) is 5.07. The van der Waals surface area contributed by atoms with E-state index in [1.165, 1.54) is 12.1 Å². The average molecular weight is 485 g/mol. The fourth-order valence-electron chi connectivity index (χ4n) is 3.26. The van der Waals surface area contributed by atoms with Crippen LogP contribution in [0, 0.1) is 0 Å². The molecule has 2 amide bonds. The molecular formula is C26H30F2N4O3. The summed E-state index contributed by atoms with van der Waals surface area (Å²) >= 11 is 0. The lowest BCUT2D eigenvalue weighted by Crippen LogP contribution is -2.44. The van der Waals surface area contributed by atoms with E-state index in [1.807, 2.05) is 30.3 Å². The molecule has 0 aliphatic rings. The number of nitrogens with two attached hydrogens (primary N) is 2. The zero-order valence-electron chi connectivity index (χ0n) is 19.2. The van der Waals surface area contributed by atoms with Gasteiger partial charge in [0.15, 0.2) is 0 Å². The minimum atomic E-state index is -1.46. The van der Waals surface area contributed by atoms with Crippen molar-refractivity contribution in [2.24, 2.45) is 11.5 Å². The fourth-order valence-corrected chi connectivity index (χ4v) is 3.26. The lowest BCUT2D eigenvalue weighted by Gasteiger charge is -2.19. The van der Waals surface area contributed by atoms with Crippen LogP contribution in [0.15, 0.2) is 91.1 Å². The summed E-state index contributed by atoms with van der Waals surface area (Å²) in [6.45, 7) is 6.17. The average Bonchev–Trinajstić information content (AvgIpc) is 2.82. The van der Waals surface area contributed by atoms with Crippen LogP contribution in [-0.4, -0.2) is 41.7 Å². The van der Waals surface area contributed by atoms with Gasteiger partial charge in [-0.1, -0.05) is 49.6 Å². The van der Waals surface area contributed by atoms with Gasteiger partial charge in [0.25, 0.3) is 11.8 Å². The lowest BCUT2D eigenvalue weighted by atomic mass is 10.0. The molecule has 7 N–H and O–H groups in total. The third kappa shape index (κ3) is 9.24. The van der Waals surface area contributed by atoms with Gasteiger partial charge in [-0.15, -0.1) is 0 Å². The van der Waals surface area contributed by atoms with Crippen molar-refractivity contribution in [1.82, 2.24) is 5.32 Å². The first kappa shape index (κ1) is 27.6. The van der Waals surface area contributed by atoms with E-state index in [-0.39, 0.29) is 24.1 Å². The highest BCUT2D eigenvalue weighted by atomic mass is 19.1. The van der Waals surface area contributed by atoms with E-state index < -0.39 is 41.7 Å². The monoisotopic (exact) mass is 484 g/mol. The molecule has 0 spiro atoms. The highest BCUT2D eigenvalue weighted by Crippen LogP contribution is 2.18. The molecule has 2 aromatic carbocycles. The standard InChI is InChI=1S/C26H30F2N4O3/c1-16(27)11-20(17(2)28)13-21(29)15-31-25(34)19-9-6-10-22(14-19)32-26(35)24(33)23(30)12-18-7-4-3-5-8-18/h3-11,14,21,23-24,33H,1-2,12-13,15,29-30H2,(H,31,34)(H,32,35)/b20-11-. The van der Waals surface area contributed by atoms with Gasteiger partial charge in [0.05, 0.1) is 0 Å². The van der Waals surface area contributed by atoms with Crippen LogP contribution in [0.1, 0.15) is 22.3 Å². The molecule has 7 nitrogen and oxygen atoms in total. The number of aliphatic hydroxyl groups is 1. The van der Waals surface area contributed by atoms with E-state index in [1.54, 1.807) is 12.1 Å². The first-order valence-corrected chi connectivity index (χ1v) is 10.9. The molecule has 186 valence electrons. The van der Waals surface area contributed by atoms with E-state index in [9.17, 15) is 23.5 Å². The molecule has 0 radical (unpaired) electrons. The van der Waals surface area contributed by atoms with Gasteiger partial charge in [0.1, 0.15) is 17.8 Å². The molecule has 0 aliphatic heterocycles. The highest BCUT2D eigenvalue weighted by Gasteiger charge is 2.23.